The number of ketones is 1. The van der Waals surface area contributed by atoms with Gasteiger partial charge in [-0.1, -0.05) is 0 Å². The molecule has 1 aliphatic rings. The summed E-state index contributed by atoms with van der Waals surface area (Å²) in [4.78, 5) is 22.9. The Morgan fingerprint density at radius 2 is 1.81 bits per heavy atom. The summed E-state index contributed by atoms with van der Waals surface area (Å²) in [5, 5.41) is 0. The molecule has 0 bridgehead atoms. The maximum Gasteiger partial charge on any atom is 0.338 e. The largest absolute Gasteiger partial charge is 0.451 e. The highest BCUT2D eigenvalue weighted by atomic mass is 32.2. The lowest BCUT2D eigenvalue weighted by Gasteiger charge is -2.10. The monoisotopic (exact) mass is 311 g/mol. The van der Waals surface area contributed by atoms with Crippen molar-refractivity contribution in [3.8, 4) is 0 Å². The SMILES string of the molecule is CC(=O)C(C)OC(=O)c1ccc(S(=O)(=O)NC2CC2)cc1. The fourth-order valence-corrected chi connectivity index (χ4v) is 2.88. The number of rotatable bonds is 6. The molecule has 1 N–H and O–H groups in total. The van der Waals surface area contributed by atoms with Gasteiger partial charge in [-0.05, 0) is 51.0 Å². The van der Waals surface area contributed by atoms with E-state index in [1.807, 2.05) is 0 Å². The molecule has 0 saturated heterocycles. The van der Waals surface area contributed by atoms with Crippen LogP contribution < -0.4 is 4.72 Å². The van der Waals surface area contributed by atoms with Crippen LogP contribution >= 0.6 is 0 Å². The minimum Gasteiger partial charge on any atom is -0.451 e. The molecule has 1 unspecified atom stereocenters. The second-order valence-electron chi connectivity index (χ2n) is 5.08. The van der Waals surface area contributed by atoms with Gasteiger partial charge in [-0.2, -0.15) is 0 Å². The van der Waals surface area contributed by atoms with Crippen LogP contribution in [0.4, 0.5) is 0 Å². The van der Waals surface area contributed by atoms with Crippen molar-refractivity contribution in [2.45, 2.75) is 43.7 Å². The second kappa shape index (κ2) is 5.95. The topological polar surface area (TPSA) is 89.5 Å². The zero-order valence-corrected chi connectivity index (χ0v) is 12.6. The average molecular weight is 311 g/mol. The maximum atomic E-state index is 12.0. The minimum atomic E-state index is -3.53. The Morgan fingerprint density at radius 3 is 2.29 bits per heavy atom. The number of ether oxygens (including phenoxy) is 1. The average Bonchev–Trinajstić information content (AvgIpc) is 3.22. The number of hydrogen-bond acceptors (Lipinski definition) is 5. The van der Waals surface area contributed by atoms with E-state index < -0.39 is 22.1 Å². The molecule has 2 rings (SSSR count). The fraction of sp³-hybridized carbons (Fsp3) is 0.429. The molecule has 114 valence electrons. The van der Waals surface area contributed by atoms with Gasteiger partial charge >= 0.3 is 5.97 Å². The molecule has 1 aromatic rings. The summed E-state index contributed by atoms with van der Waals surface area (Å²) in [6.07, 6.45) is 0.886. The normalized spacial score (nSPS) is 16.3. The lowest BCUT2D eigenvalue weighted by Crippen LogP contribution is -2.25. The number of Topliss-reactive ketones (excluding diaryl/α,β-unsaturated/α-hetero) is 1. The zero-order valence-electron chi connectivity index (χ0n) is 11.8. The Labute approximate surface area is 123 Å². The third-order valence-corrected chi connectivity index (χ3v) is 4.69. The summed E-state index contributed by atoms with van der Waals surface area (Å²) in [5.74, 6) is -0.909. The Kier molecular flexibility index (Phi) is 4.43. The molecule has 1 saturated carbocycles. The van der Waals surface area contributed by atoms with E-state index in [-0.39, 0.29) is 22.3 Å². The predicted molar refractivity (Wildman–Crippen MR) is 75.3 cm³/mol. The van der Waals surface area contributed by atoms with E-state index in [0.29, 0.717) is 0 Å². The summed E-state index contributed by atoms with van der Waals surface area (Å²) in [6, 6.07) is 5.46. The number of sulfonamides is 1. The van der Waals surface area contributed by atoms with Crippen molar-refractivity contribution in [1.82, 2.24) is 4.72 Å². The Morgan fingerprint density at radius 1 is 1.24 bits per heavy atom. The first kappa shape index (κ1) is 15.7. The molecule has 1 fully saturated rings. The van der Waals surface area contributed by atoms with Crippen molar-refractivity contribution in [3.05, 3.63) is 29.8 Å². The summed E-state index contributed by atoms with van der Waals surface area (Å²) in [6.45, 7) is 2.82. The van der Waals surface area contributed by atoms with E-state index >= 15 is 0 Å². The third-order valence-electron chi connectivity index (χ3n) is 3.16. The molecule has 0 radical (unpaired) electrons. The highest BCUT2D eigenvalue weighted by molar-refractivity contribution is 7.89. The first-order chi connectivity index (χ1) is 9.79. The molecule has 0 amide bonds. The molecular weight excluding hydrogens is 294 g/mol. The number of esters is 1. The first-order valence-electron chi connectivity index (χ1n) is 6.63. The van der Waals surface area contributed by atoms with Crippen molar-refractivity contribution in [3.63, 3.8) is 0 Å². The molecular formula is C14H17NO5S. The van der Waals surface area contributed by atoms with Crippen LogP contribution in [0.1, 0.15) is 37.0 Å². The molecule has 0 aromatic heterocycles. The van der Waals surface area contributed by atoms with E-state index in [1.54, 1.807) is 0 Å². The van der Waals surface area contributed by atoms with E-state index in [2.05, 4.69) is 4.72 Å². The van der Waals surface area contributed by atoms with Gasteiger partial charge in [0.05, 0.1) is 10.5 Å². The van der Waals surface area contributed by atoms with Gasteiger partial charge in [-0.25, -0.2) is 17.9 Å². The summed E-state index contributed by atoms with van der Waals surface area (Å²) < 4.78 is 31.4. The lowest BCUT2D eigenvalue weighted by molar-refractivity contribution is -0.124. The number of hydrogen-bond donors (Lipinski definition) is 1. The molecule has 1 aromatic carbocycles. The minimum absolute atomic E-state index is 0.0241. The van der Waals surface area contributed by atoms with Crippen molar-refractivity contribution >= 4 is 21.8 Å². The van der Waals surface area contributed by atoms with Crippen molar-refractivity contribution < 1.29 is 22.7 Å². The van der Waals surface area contributed by atoms with E-state index in [4.69, 9.17) is 4.74 Å². The predicted octanol–water partition coefficient (Wildman–Crippen LogP) is 1.26. The van der Waals surface area contributed by atoms with Gasteiger partial charge in [-0.3, -0.25) is 4.79 Å². The van der Waals surface area contributed by atoms with E-state index in [9.17, 15) is 18.0 Å². The van der Waals surface area contributed by atoms with Gasteiger partial charge in [0.1, 0.15) is 0 Å². The van der Waals surface area contributed by atoms with Gasteiger partial charge in [0.2, 0.25) is 10.0 Å². The first-order valence-corrected chi connectivity index (χ1v) is 8.12. The molecule has 0 heterocycles. The van der Waals surface area contributed by atoms with E-state index in [0.717, 1.165) is 12.8 Å². The number of benzene rings is 1. The molecule has 0 spiro atoms. The highest BCUT2D eigenvalue weighted by Crippen LogP contribution is 2.22. The van der Waals surface area contributed by atoms with Gasteiger partial charge in [0.15, 0.2) is 11.9 Å². The third kappa shape index (κ3) is 4.12. The smallest absolute Gasteiger partial charge is 0.338 e. The molecule has 6 nitrogen and oxygen atoms in total. The van der Waals surface area contributed by atoms with Crippen LogP contribution in [-0.2, 0) is 19.6 Å². The van der Waals surface area contributed by atoms with Crippen LogP contribution in [0.25, 0.3) is 0 Å². The summed E-state index contributed by atoms with van der Waals surface area (Å²) in [7, 11) is -3.53. The summed E-state index contributed by atoms with van der Waals surface area (Å²) in [5.41, 5.74) is 0.202. The zero-order chi connectivity index (χ0) is 15.6. The Balaban J connectivity index is 2.07. The summed E-state index contributed by atoms with van der Waals surface area (Å²) >= 11 is 0. The van der Waals surface area contributed by atoms with Crippen molar-refractivity contribution in [2.75, 3.05) is 0 Å². The molecule has 0 aliphatic heterocycles. The van der Waals surface area contributed by atoms with Crippen LogP contribution in [-0.4, -0.2) is 32.3 Å². The van der Waals surface area contributed by atoms with Gasteiger partial charge < -0.3 is 4.74 Å². The van der Waals surface area contributed by atoms with Gasteiger partial charge in [-0.15, -0.1) is 0 Å². The maximum absolute atomic E-state index is 12.0. The molecule has 1 atom stereocenters. The van der Waals surface area contributed by atoms with Crippen molar-refractivity contribution in [2.24, 2.45) is 0 Å². The molecule has 7 heteroatoms. The second-order valence-corrected chi connectivity index (χ2v) is 6.79. The molecule has 21 heavy (non-hydrogen) atoms. The van der Waals surface area contributed by atoms with Crippen LogP contribution in [0.3, 0.4) is 0 Å². The van der Waals surface area contributed by atoms with Crippen LogP contribution in [0, 0.1) is 0 Å². The molecule has 1 aliphatic carbocycles. The van der Waals surface area contributed by atoms with Crippen LogP contribution in [0.2, 0.25) is 0 Å². The Hall–Kier alpha value is -1.73. The fourth-order valence-electron chi connectivity index (χ4n) is 1.57. The lowest BCUT2D eigenvalue weighted by atomic mass is 10.2. The number of carbonyl (C=O) groups is 2. The van der Waals surface area contributed by atoms with Gasteiger partial charge in [0, 0.05) is 6.04 Å². The van der Waals surface area contributed by atoms with Crippen LogP contribution in [0.15, 0.2) is 29.2 Å². The highest BCUT2D eigenvalue weighted by Gasteiger charge is 2.28. The van der Waals surface area contributed by atoms with Crippen molar-refractivity contribution in [1.29, 1.82) is 0 Å². The van der Waals surface area contributed by atoms with Crippen LogP contribution in [0.5, 0.6) is 0 Å². The quantitative estimate of drug-likeness (QED) is 0.799. The Bertz CT molecular complexity index is 646. The standard InChI is InChI=1S/C14H17NO5S/c1-9(16)10(2)20-14(17)11-3-7-13(8-4-11)21(18,19)15-12-5-6-12/h3-4,7-8,10,12,15H,5-6H2,1-2H3. The number of carbonyl (C=O) groups excluding carboxylic acids is 2. The number of nitrogens with one attached hydrogen (secondary N) is 1. The van der Waals surface area contributed by atoms with E-state index in [1.165, 1.54) is 38.1 Å². The van der Waals surface area contributed by atoms with Gasteiger partial charge in [0.25, 0.3) is 0 Å².